The lowest BCUT2D eigenvalue weighted by atomic mass is 10.2. The summed E-state index contributed by atoms with van der Waals surface area (Å²) in [7, 11) is 0. The van der Waals surface area contributed by atoms with Gasteiger partial charge in [-0.15, -0.1) is 10.2 Å². The van der Waals surface area contributed by atoms with Crippen LogP contribution < -0.4 is 20.5 Å². The normalized spacial score (nSPS) is 19.8. The van der Waals surface area contributed by atoms with Crippen LogP contribution in [-0.4, -0.2) is 98.9 Å². The van der Waals surface area contributed by atoms with Crippen LogP contribution in [0.2, 0.25) is 0 Å². The lowest BCUT2D eigenvalue weighted by molar-refractivity contribution is 0.232. The second kappa shape index (κ2) is 12.5. The number of likely N-dealkylation sites (tertiary alicyclic amines) is 2. The summed E-state index contributed by atoms with van der Waals surface area (Å²) >= 11 is 0. The van der Waals surface area contributed by atoms with Crippen molar-refractivity contribution in [1.82, 2.24) is 34.3 Å². The number of aliphatic imine (C=N–C) groups is 2. The Morgan fingerprint density at radius 2 is 1.25 bits per heavy atom. The van der Waals surface area contributed by atoms with Crippen LogP contribution in [0.3, 0.4) is 0 Å². The number of nitrogens with one attached hydrogen (secondary N) is 2. The minimum Gasteiger partial charge on any atom is -0.474 e. The van der Waals surface area contributed by atoms with Gasteiger partial charge in [-0.1, -0.05) is 12.1 Å². The highest BCUT2D eigenvalue weighted by atomic mass is 16.5. The standard InChI is InChI=1S/C31H37N11O2/c32-22-21-23(33)29(35-27-25-10-2-4-16-42(25)38-31(27)44-20-18-40-13-7-8-14-40)36-28(22)34-26-24-9-1-3-15-41(24)37-30(26)43-19-17-39-11-5-6-12-39/h1-4,9-10,15-16,21,32H,5-8,11-14,17-20,33H2,(H,34,35,36). The Balaban J connectivity index is 1.18. The Bertz CT molecular complexity index is 1760. The average Bonchev–Trinajstić information content (AvgIpc) is 3.84. The first kappa shape index (κ1) is 28.0. The molecular weight excluding hydrogens is 558 g/mol. The number of nitrogens with two attached hydrogens (primary N) is 1. The van der Waals surface area contributed by atoms with Gasteiger partial charge in [0.1, 0.15) is 13.2 Å². The van der Waals surface area contributed by atoms with Gasteiger partial charge in [0.2, 0.25) is 0 Å². The van der Waals surface area contributed by atoms with Crippen LogP contribution in [0.5, 0.6) is 11.8 Å². The summed E-state index contributed by atoms with van der Waals surface area (Å²) in [6, 6.07) is 11.5. The molecule has 0 bridgehead atoms. The van der Waals surface area contributed by atoms with Gasteiger partial charge in [-0.2, -0.15) is 0 Å². The molecule has 228 valence electrons. The first-order valence-corrected chi connectivity index (χ1v) is 15.3. The second-order valence-electron chi connectivity index (χ2n) is 11.2. The van der Waals surface area contributed by atoms with E-state index in [0.717, 1.165) is 50.3 Å². The third-order valence-electron chi connectivity index (χ3n) is 8.17. The predicted molar refractivity (Wildman–Crippen MR) is 170 cm³/mol. The topological polar surface area (TPSA) is 146 Å². The highest BCUT2D eigenvalue weighted by Gasteiger charge is 2.24. The SMILES string of the molecule is N=C1C=C(N)/C(=N/c2c(OCCN3CCCC3)nn3ccccc23)N/C1=N\c1c(OCCN2CCCC2)nn2ccccc12. The van der Waals surface area contributed by atoms with Crippen molar-refractivity contribution in [3.8, 4) is 11.8 Å². The molecule has 7 heterocycles. The molecule has 2 fully saturated rings. The Labute approximate surface area is 255 Å². The molecule has 0 atom stereocenters. The van der Waals surface area contributed by atoms with E-state index < -0.39 is 0 Å². The molecule has 0 saturated carbocycles. The second-order valence-corrected chi connectivity index (χ2v) is 11.2. The van der Waals surface area contributed by atoms with Crippen molar-refractivity contribution in [3.05, 3.63) is 60.6 Å². The summed E-state index contributed by atoms with van der Waals surface area (Å²) in [5.74, 6) is 1.48. The van der Waals surface area contributed by atoms with E-state index in [2.05, 4.69) is 25.3 Å². The van der Waals surface area contributed by atoms with Gasteiger partial charge in [0.25, 0.3) is 11.8 Å². The molecule has 3 aliphatic rings. The molecular formula is C31H37N11O2. The molecule has 0 aliphatic carbocycles. The van der Waals surface area contributed by atoms with Gasteiger partial charge in [0, 0.05) is 25.5 Å². The monoisotopic (exact) mass is 595 g/mol. The van der Waals surface area contributed by atoms with E-state index in [4.69, 9.17) is 30.6 Å². The van der Waals surface area contributed by atoms with Crippen LogP contribution in [0.4, 0.5) is 11.4 Å². The van der Waals surface area contributed by atoms with Gasteiger partial charge < -0.3 is 20.5 Å². The van der Waals surface area contributed by atoms with Crippen LogP contribution in [-0.2, 0) is 0 Å². The van der Waals surface area contributed by atoms with Crippen LogP contribution >= 0.6 is 0 Å². The van der Waals surface area contributed by atoms with Gasteiger partial charge >= 0.3 is 0 Å². The summed E-state index contributed by atoms with van der Waals surface area (Å²) in [5.41, 5.74) is 9.47. The van der Waals surface area contributed by atoms with Crippen molar-refractivity contribution < 1.29 is 9.47 Å². The summed E-state index contributed by atoms with van der Waals surface area (Å²) in [6.07, 6.45) is 10.2. The van der Waals surface area contributed by atoms with Crippen molar-refractivity contribution in [1.29, 1.82) is 5.41 Å². The number of ether oxygens (including phenoxy) is 2. The third kappa shape index (κ3) is 5.88. The van der Waals surface area contributed by atoms with E-state index in [0.29, 0.717) is 47.9 Å². The number of aromatic nitrogens is 4. The summed E-state index contributed by atoms with van der Waals surface area (Å²) in [5, 5.41) is 21.1. The van der Waals surface area contributed by atoms with Crippen molar-refractivity contribution >= 4 is 39.8 Å². The van der Waals surface area contributed by atoms with Crippen LogP contribution in [0.25, 0.3) is 11.0 Å². The molecule has 0 aromatic carbocycles. The predicted octanol–water partition coefficient (Wildman–Crippen LogP) is 3.16. The average molecular weight is 596 g/mol. The van der Waals surface area contributed by atoms with Gasteiger partial charge in [0.15, 0.2) is 23.0 Å². The maximum absolute atomic E-state index is 8.67. The van der Waals surface area contributed by atoms with Crippen LogP contribution in [0.1, 0.15) is 25.7 Å². The number of amidine groups is 2. The molecule has 4 aromatic heterocycles. The summed E-state index contributed by atoms with van der Waals surface area (Å²) in [6.45, 7) is 7.06. The van der Waals surface area contributed by atoms with Gasteiger partial charge in [-0.25, -0.2) is 19.0 Å². The van der Waals surface area contributed by atoms with Crippen molar-refractivity contribution in [3.63, 3.8) is 0 Å². The maximum Gasteiger partial charge on any atom is 0.260 e. The molecule has 2 saturated heterocycles. The zero-order chi connectivity index (χ0) is 29.9. The van der Waals surface area contributed by atoms with E-state index in [-0.39, 0.29) is 11.5 Å². The van der Waals surface area contributed by atoms with E-state index >= 15 is 0 Å². The number of hydrogen-bond donors (Lipinski definition) is 3. The number of nitrogens with zero attached hydrogens (tertiary/aromatic N) is 8. The van der Waals surface area contributed by atoms with E-state index in [1.165, 1.54) is 25.7 Å². The minimum atomic E-state index is 0.127. The molecule has 13 nitrogen and oxygen atoms in total. The molecule has 7 rings (SSSR count). The molecule has 3 aliphatic heterocycles. The molecule has 0 radical (unpaired) electrons. The smallest absolute Gasteiger partial charge is 0.260 e. The number of rotatable bonds is 10. The van der Waals surface area contributed by atoms with Crippen molar-refractivity contribution in [2.45, 2.75) is 25.7 Å². The summed E-state index contributed by atoms with van der Waals surface area (Å²) in [4.78, 5) is 14.5. The Hall–Kier alpha value is -4.75. The minimum absolute atomic E-state index is 0.127. The number of pyridine rings is 2. The molecule has 44 heavy (non-hydrogen) atoms. The molecule has 0 amide bonds. The highest BCUT2D eigenvalue weighted by Crippen LogP contribution is 2.34. The summed E-state index contributed by atoms with van der Waals surface area (Å²) < 4.78 is 15.8. The maximum atomic E-state index is 8.67. The first-order chi connectivity index (χ1) is 21.6. The number of hydrogen-bond acceptors (Lipinski definition) is 10. The first-order valence-electron chi connectivity index (χ1n) is 15.3. The molecule has 4 aromatic rings. The Morgan fingerprint density at radius 3 is 1.77 bits per heavy atom. The highest BCUT2D eigenvalue weighted by molar-refractivity contribution is 6.50. The molecule has 0 spiro atoms. The van der Waals surface area contributed by atoms with E-state index in [1.54, 1.807) is 15.1 Å². The largest absolute Gasteiger partial charge is 0.474 e. The van der Waals surface area contributed by atoms with Gasteiger partial charge in [0.05, 0.1) is 22.4 Å². The fraction of sp³-hybridized carbons (Fsp3) is 0.387. The van der Waals surface area contributed by atoms with Gasteiger partial charge in [-0.3, -0.25) is 15.2 Å². The quantitative estimate of drug-likeness (QED) is 0.254. The van der Waals surface area contributed by atoms with Crippen LogP contribution in [0, 0.1) is 5.41 Å². The zero-order valence-electron chi connectivity index (χ0n) is 24.7. The van der Waals surface area contributed by atoms with Gasteiger partial charge in [-0.05, 0) is 82.2 Å². The van der Waals surface area contributed by atoms with E-state index in [9.17, 15) is 0 Å². The lowest BCUT2D eigenvalue weighted by Gasteiger charge is -2.18. The van der Waals surface area contributed by atoms with E-state index in [1.807, 2.05) is 48.8 Å². The molecule has 13 heteroatoms. The van der Waals surface area contributed by atoms with Crippen LogP contribution in [0.15, 0.2) is 70.5 Å². The van der Waals surface area contributed by atoms with Crippen molar-refractivity contribution in [2.75, 3.05) is 52.5 Å². The Morgan fingerprint density at radius 1 is 0.750 bits per heavy atom. The number of fused-ring (bicyclic) bond motifs is 2. The molecule has 4 N–H and O–H groups in total. The fourth-order valence-electron chi connectivity index (χ4n) is 5.84. The Kier molecular flexibility index (Phi) is 7.95. The molecule has 0 unspecified atom stereocenters. The van der Waals surface area contributed by atoms with Crippen molar-refractivity contribution in [2.24, 2.45) is 15.7 Å². The fourth-order valence-corrected chi connectivity index (χ4v) is 5.84. The zero-order valence-corrected chi connectivity index (χ0v) is 24.7. The lowest BCUT2D eigenvalue weighted by Crippen LogP contribution is -2.42. The third-order valence-corrected chi connectivity index (χ3v) is 8.17.